The molecule has 0 bridgehead atoms. The molecule has 1 spiro atoms. The van der Waals surface area contributed by atoms with Crippen LogP contribution in [0.25, 0.3) is 71.3 Å². The smallest absolute Gasteiger partial charge is 0.309 e. The fourth-order valence-electron chi connectivity index (χ4n) is 11.1. The standard InChI is InChI=1S/C58H35F3N2/c59-58(60,61)37-29-31-39(32-30-37)63(52-28-14-16-36-15-4-5-19-40(36)52)55-35-51-56(45-24-7-6-22-43(45)55)47-34-54-46(44-23-10-13-27-53(44)62(54)38-17-2-1-3-18-38)33-50(47)57(51)48-25-11-8-20-41(48)42-21-9-12-26-49(42)57/h1-35H. The number of alkyl halides is 3. The number of hydrogen-bond acceptors (Lipinski definition) is 1. The van der Waals surface area contributed by atoms with Gasteiger partial charge in [0.05, 0.1) is 33.4 Å². The highest BCUT2D eigenvalue weighted by atomic mass is 19.4. The van der Waals surface area contributed by atoms with Crippen molar-refractivity contribution in [2.45, 2.75) is 11.6 Å². The molecule has 2 aliphatic carbocycles. The van der Waals surface area contributed by atoms with Crippen molar-refractivity contribution in [1.29, 1.82) is 0 Å². The number of benzene rings is 10. The molecule has 10 aromatic carbocycles. The van der Waals surface area contributed by atoms with E-state index >= 15 is 0 Å². The number of hydrogen-bond donors (Lipinski definition) is 0. The monoisotopic (exact) mass is 816 g/mol. The Labute approximate surface area is 361 Å². The number of para-hydroxylation sites is 2. The lowest BCUT2D eigenvalue weighted by molar-refractivity contribution is -0.137. The predicted octanol–water partition coefficient (Wildman–Crippen LogP) is 15.9. The summed E-state index contributed by atoms with van der Waals surface area (Å²) in [6, 6.07) is 72.7. The molecule has 13 rings (SSSR count). The summed E-state index contributed by atoms with van der Waals surface area (Å²) in [4.78, 5) is 2.17. The van der Waals surface area contributed by atoms with Gasteiger partial charge in [-0.2, -0.15) is 13.2 Å². The van der Waals surface area contributed by atoms with Crippen LogP contribution in [0.5, 0.6) is 0 Å². The van der Waals surface area contributed by atoms with Crippen molar-refractivity contribution in [2.24, 2.45) is 0 Å². The fraction of sp³-hybridized carbons (Fsp3) is 0.0345. The van der Waals surface area contributed by atoms with Crippen molar-refractivity contribution in [3.05, 3.63) is 240 Å². The van der Waals surface area contributed by atoms with Crippen molar-refractivity contribution >= 4 is 60.4 Å². The second kappa shape index (κ2) is 13.1. The van der Waals surface area contributed by atoms with Gasteiger partial charge in [-0.1, -0.05) is 146 Å². The first kappa shape index (κ1) is 35.8. The number of anilines is 3. The van der Waals surface area contributed by atoms with Crippen LogP contribution in [0.1, 0.15) is 27.8 Å². The minimum atomic E-state index is -4.47. The zero-order valence-corrected chi connectivity index (χ0v) is 33.7. The molecule has 0 N–H and O–H groups in total. The second-order valence-corrected chi connectivity index (χ2v) is 16.7. The van der Waals surface area contributed by atoms with Gasteiger partial charge in [-0.05, 0) is 122 Å². The van der Waals surface area contributed by atoms with E-state index < -0.39 is 17.2 Å². The molecule has 0 unspecified atom stereocenters. The third kappa shape index (κ3) is 4.90. The van der Waals surface area contributed by atoms with Gasteiger partial charge in [0, 0.05) is 32.9 Å². The van der Waals surface area contributed by atoms with Crippen molar-refractivity contribution in [3.8, 4) is 27.9 Å². The van der Waals surface area contributed by atoms with Gasteiger partial charge < -0.3 is 9.47 Å². The van der Waals surface area contributed by atoms with Gasteiger partial charge >= 0.3 is 6.18 Å². The van der Waals surface area contributed by atoms with Crippen molar-refractivity contribution in [3.63, 3.8) is 0 Å². The van der Waals surface area contributed by atoms with Crippen LogP contribution in [0.4, 0.5) is 30.2 Å². The molecule has 63 heavy (non-hydrogen) atoms. The van der Waals surface area contributed by atoms with E-state index in [1.165, 1.54) is 50.7 Å². The summed E-state index contributed by atoms with van der Waals surface area (Å²) >= 11 is 0. The van der Waals surface area contributed by atoms with Crippen LogP contribution < -0.4 is 4.90 Å². The first-order chi connectivity index (χ1) is 30.9. The Hall–Kier alpha value is -7.89. The summed E-state index contributed by atoms with van der Waals surface area (Å²) in [5.74, 6) is 0. The van der Waals surface area contributed by atoms with Crippen LogP contribution in [-0.4, -0.2) is 4.57 Å². The van der Waals surface area contributed by atoms with Crippen molar-refractivity contribution in [2.75, 3.05) is 4.90 Å². The molecule has 0 aliphatic heterocycles. The van der Waals surface area contributed by atoms with Crippen LogP contribution in [0.15, 0.2) is 212 Å². The molecule has 0 radical (unpaired) electrons. The molecule has 0 atom stereocenters. The topological polar surface area (TPSA) is 8.17 Å². The lowest BCUT2D eigenvalue weighted by Crippen LogP contribution is -2.26. The maximum absolute atomic E-state index is 14.1. The van der Waals surface area contributed by atoms with E-state index in [0.29, 0.717) is 5.69 Å². The van der Waals surface area contributed by atoms with E-state index in [4.69, 9.17) is 0 Å². The number of fused-ring (bicyclic) bond motifs is 16. The van der Waals surface area contributed by atoms with Gasteiger partial charge in [0.2, 0.25) is 0 Å². The highest BCUT2D eigenvalue weighted by molar-refractivity contribution is 6.17. The Morgan fingerprint density at radius 2 is 1.00 bits per heavy atom. The number of halogens is 3. The molecule has 2 aliphatic rings. The lowest BCUT2D eigenvalue weighted by Gasteiger charge is -2.33. The summed E-state index contributed by atoms with van der Waals surface area (Å²) in [7, 11) is 0. The van der Waals surface area contributed by atoms with Gasteiger partial charge in [-0.25, -0.2) is 0 Å². The molecule has 0 saturated carbocycles. The molecule has 5 heteroatoms. The summed E-state index contributed by atoms with van der Waals surface area (Å²) in [6.45, 7) is 0. The normalized spacial score (nSPS) is 13.4. The maximum Gasteiger partial charge on any atom is 0.416 e. The molecule has 0 fully saturated rings. The molecular weight excluding hydrogens is 782 g/mol. The first-order valence-electron chi connectivity index (χ1n) is 21.3. The molecule has 298 valence electrons. The summed E-state index contributed by atoms with van der Waals surface area (Å²) in [6.07, 6.45) is -4.47. The number of rotatable bonds is 4. The largest absolute Gasteiger partial charge is 0.416 e. The highest BCUT2D eigenvalue weighted by Gasteiger charge is 2.53. The maximum atomic E-state index is 14.1. The molecule has 11 aromatic rings. The average Bonchev–Trinajstić information content (AvgIpc) is 3.92. The van der Waals surface area contributed by atoms with Gasteiger partial charge in [-0.3, -0.25) is 0 Å². The van der Waals surface area contributed by atoms with Gasteiger partial charge in [0.15, 0.2) is 0 Å². The van der Waals surface area contributed by atoms with Crippen LogP contribution in [0, 0.1) is 0 Å². The van der Waals surface area contributed by atoms with Gasteiger partial charge in [-0.15, -0.1) is 0 Å². The minimum absolute atomic E-state index is 0.635. The first-order valence-corrected chi connectivity index (χ1v) is 21.3. The van der Waals surface area contributed by atoms with Gasteiger partial charge in [0.25, 0.3) is 0 Å². The predicted molar refractivity (Wildman–Crippen MR) is 252 cm³/mol. The summed E-state index contributed by atoms with van der Waals surface area (Å²) in [5, 5.41) is 6.46. The Kier molecular flexibility index (Phi) is 7.43. The van der Waals surface area contributed by atoms with Crippen molar-refractivity contribution in [1.82, 2.24) is 4.57 Å². The van der Waals surface area contributed by atoms with Crippen LogP contribution >= 0.6 is 0 Å². The molecule has 0 saturated heterocycles. The SMILES string of the molecule is FC(F)(F)c1ccc(N(c2cccc3ccccc23)c2cc3c(c4ccccc24)-c2cc4c(cc2C32c3ccccc3-c3ccccc32)c2ccccc2n4-c2ccccc2)cc1. The highest BCUT2D eigenvalue weighted by Crippen LogP contribution is 2.65. The molecule has 2 nitrogen and oxygen atoms in total. The molecule has 1 heterocycles. The van der Waals surface area contributed by atoms with E-state index in [9.17, 15) is 13.2 Å². The molecule has 1 aromatic heterocycles. The Bertz CT molecular complexity index is 3620. The number of nitrogens with zero attached hydrogens (tertiary/aromatic N) is 2. The zero-order chi connectivity index (χ0) is 42.0. The van der Waals surface area contributed by atoms with E-state index in [1.807, 2.05) is 18.2 Å². The van der Waals surface area contributed by atoms with E-state index in [1.54, 1.807) is 12.1 Å². The Morgan fingerprint density at radius 3 is 1.73 bits per heavy atom. The average molecular weight is 817 g/mol. The minimum Gasteiger partial charge on any atom is -0.309 e. The van der Waals surface area contributed by atoms with E-state index in [0.717, 1.165) is 66.3 Å². The van der Waals surface area contributed by atoms with E-state index in [-0.39, 0.29) is 0 Å². The van der Waals surface area contributed by atoms with Gasteiger partial charge in [0.1, 0.15) is 0 Å². The van der Waals surface area contributed by atoms with Crippen LogP contribution in [0.2, 0.25) is 0 Å². The summed E-state index contributed by atoms with van der Waals surface area (Å²) < 4.78 is 44.8. The molecular formula is C58H35F3N2. The Morgan fingerprint density at radius 1 is 0.397 bits per heavy atom. The van der Waals surface area contributed by atoms with Crippen LogP contribution in [0.3, 0.4) is 0 Å². The fourth-order valence-corrected chi connectivity index (χ4v) is 11.1. The number of aromatic nitrogens is 1. The lowest BCUT2D eigenvalue weighted by atomic mass is 9.70. The van der Waals surface area contributed by atoms with E-state index in [2.05, 4.69) is 179 Å². The zero-order valence-electron chi connectivity index (χ0n) is 33.7. The third-order valence-electron chi connectivity index (χ3n) is 13.6. The van der Waals surface area contributed by atoms with Crippen molar-refractivity contribution < 1.29 is 13.2 Å². The van der Waals surface area contributed by atoms with Crippen LogP contribution in [-0.2, 0) is 11.6 Å². The molecule has 0 amide bonds. The Balaban J connectivity index is 1.20. The quantitative estimate of drug-likeness (QED) is 0.172. The second-order valence-electron chi connectivity index (χ2n) is 16.7. The third-order valence-corrected chi connectivity index (χ3v) is 13.6. The summed E-state index contributed by atoms with van der Waals surface area (Å²) in [5.41, 5.74) is 13.9.